The summed E-state index contributed by atoms with van der Waals surface area (Å²) >= 11 is 3.86. The topological polar surface area (TPSA) is 138 Å². The number of hydrogen-bond donors (Lipinski definition) is 2. The van der Waals surface area contributed by atoms with E-state index in [4.69, 9.17) is 10.5 Å². The molecule has 1 amide bonds. The van der Waals surface area contributed by atoms with Gasteiger partial charge in [0.1, 0.15) is 34.3 Å². The van der Waals surface area contributed by atoms with Crippen LogP contribution in [-0.4, -0.2) is 28.2 Å². The van der Waals surface area contributed by atoms with E-state index in [-0.39, 0.29) is 22.9 Å². The third kappa shape index (κ3) is 5.12. The number of ether oxygens (including phenoxy) is 1. The highest BCUT2D eigenvalue weighted by Crippen LogP contribution is 2.38. The van der Waals surface area contributed by atoms with E-state index in [0.717, 1.165) is 28.8 Å². The zero-order valence-electron chi connectivity index (χ0n) is 18.6. The molecule has 0 aliphatic carbocycles. The van der Waals surface area contributed by atoms with Gasteiger partial charge in [-0.2, -0.15) is 21.9 Å². The molecule has 0 bridgehead atoms. The summed E-state index contributed by atoms with van der Waals surface area (Å²) in [5.74, 6) is 0.475. The lowest BCUT2D eigenvalue weighted by Gasteiger charge is -2.14. The normalized spacial score (nSPS) is 11.3. The fourth-order valence-corrected chi connectivity index (χ4v) is 5.52. The van der Waals surface area contributed by atoms with Crippen molar-refractivity contribution in [3.05, 3.63) is 57.6 Å². The molecule has 0 radical (unpaired) electrons. The molecule has 8 nitrogen and oxygen atoms in total. The molecule has 0 aliphatic heterocycles. The smallest absolute Gasteiger partial charge is 0.239 e. The number of hydrogen-bond acceptors (Lipinski definition) is 10. The van der Waals surface area contributed by atoms with Gasteiger partial charge in [-0.25, -0.2) is 9.97 Å². The van der Waals surface area contributed by atoms with Crippen molar-refractivity contribution in [2.45, 2.75) is 17.2 Å². The Hall–Kier alpha value is -3.90. The molecule has 1 unspecified atom stereocenters. The first kappa shape index (κ1) is 24.2. The summed E-state index contributed by atoms with van der Waals surface area (Å²) in [6.45, 7) is 1.71. The van der Waals surface area contributed by atoms with E-state index in [1.165, 1.54) is 22.7 Å². The summed E-state index contributed by atoms with van der Waals surface area (Å²) in [4.78, 5) is 21.7. The highest BCUT2D eigenvalue weighted by atomic mass is 32.2. The lowest BCUT2D eigenvalue weighted by molar-refractivity contribution is -0.115. The average Bonchev–Trinajstić information content (AvgIpc) is 3.56. The van der Waals surface area contributed by atoms with Gasteiger partial charge in [0.25, 0.3) is 0 Å². The van der Waals surface area contributed by atoms with Crippen molar-refractivity contribution in [3.8, 4) is 40.3 Å². The van der Waals surface area contributed by atoms with Gasteiger partial charge in [-0.05, 0) is 53.6 Å². The average molecular weight is 519 g/mol. The minimum atomic E-state index is -0.606. The van der Waals surface area contributed by atoms with Crippen LogP contribution in [0.5, 0.6) is 5.75 Å². The minimum Gasteiger partial charge on any atom is -0.497 e. The van der Waals surface area contributed by atoms with Crippen LogP contribution in [0.1, 0.15) is 18.1 Å². The van der Waals surface area contributed by atoms with Gasteiger partial charge in [-0.3, -0.25) is 4.79 Å². The van der Waals surface area contributed by atoms with Gasteiger partial charge in [-0.15, -0.1) is 11.3 Å². The Morgan fingerprint density at radius 1 is 1.11 bits per heavy atom. The van der Waals surface area contributed by atoms with Crippen LogP contribution in [0.15, 0.2) is 51.5 Å². The third-order valence-corrected chi connectivity index (χ3v) is 7.53. The first-order valence-electron chi connectivity index (χ1n) is 10.2. The number of aromatic nitrogens is 2. The highest BCUT2D eigenvalue weighted by molar-refractivity contribution is 8.00. The Morgan fingerprint density at radius 2 is 1.86 bits per heavy atom. The maximum absolute atomic E-state index is 12.9. The minimum absolute atomic E-state index is 0.0202. The number of rotatable bonds is 7. The zero-order valence-corrected chi connectivity index (χ0v) is 21.1. The molecule has 3 aromatic heterocycles. The van der Waals surface area contributed by atoms with E-state index in [2.05, 4.69) is 21.4 Å². The standard InChI is InChI=1S/C24H18N6O2S3/c1-13(22(31)30-24-28-19(12-34-24)14-3-5-16(32-2)6-4-14)35-23-18(10-26)20(15-7-8-33-11-15)17(9-25)21(27)29-23/h3-8,11-13H,1-2H3,(H2,27,29)(H,28,30,31). The van der Waals surface area contributed by atoms with Crippen molar-refractivity contribution in [1.29, 1.82) is 10.5 Å². The SMILES string of the molecule is COc1ccc(-c2csc(NC(=O)C(C)Sc3nc(N)c(C#N)c(-c4ccsc4)c3C#N)n2)cc1. The molecule has 0 saturated heterocycles. The monoisotopic (exact) mass is 518 g/mol. The van der Waals surface area contributed by atoms with Gasteiger partial charge in [0, 0.05) is 16.5 Å². The fourth-order valence-electron chi connectivity index (χ4n) is 3.23. The lowest BCUT2D eigenvalue weighted by Crippen LogP contribution is -2.22. The Kier molecular flexibility index (Phi) is 7.32. The molecule has 0 spiro atoms. The molecule has 35 heavy (non-hydrogen) atoms. The first-order valence-corrected chi connectivity index (χ1v) is 12.9. The van der Waals surface area contributed by atoms with Crippen molar-refractivity contribution in [1.82, 2.24) is 9.97 Å². The van der Waals surface area contributed by atoms with E-state index in [1.54, 1.807) is 14.0 Å². The number of thiophene rings is 1. The number of nitriles is 2. The Labute approximate surface area is 214 Å². The van der Waals surface area contributed by atoms with E-state index < -0.39 is 5.25 Å². The second-order valence-corrected chi connectivity index (χ2v) is 10.1. The van der Waals surface area contributed by atoms with Crippen LogP contribution in [-0.2, 0) is 4.79 Å². The number of thioether (sulfide) groups is 1. The Bertz CT molecular complexity index is 1450. The summed E-state index contributed by atoms with van der Waals surface area (Å²) in [6, 6.07) is 13.5. The number of thiazole rings is 1. The number of carbonyl (C=O) groups is 1. The molecule has 174 valence electrons. The number of nitrogen functional groups attached to an aromatic ring is 1. The number of nitrogens with one attached hydrogen (secondary N) is 1. The van der Waals surface area contributed by atoms with Crippen LogP contribution in [0, 0.1) is 22.7 Å². The van der Waals surface area contributed by atoms with Crippen LogP contribution in [0.2, 0.25) is 0 Å². The van der Waals surface area contributed by atoms with Gasteiger partial charge in [-0.1, -0.05) is 11.8 Å². The molecule has 11 heteroatoms. The number of nitrogens with two attached hydrogens (primary N) is 1. The maximum Gasteiger partial charge on any atom is 0.239 e. The van der Waals surface area contributed by atoms with Crippen LogP contribution < -0.4 is 15.8 Å². The summed E-state index contributed by atoms with van der Waals surface area (Å²) in [5.41, 5.74) is 9.20. The number of anilines is 2. The molecule has 0 saturated carbocycles. The van der Waals surface area contributed by atoms with Crippen molar-refractivity contribution < 1.29 is 9.53 Å². The fraction of sp³-hybridized carbons (Fsp3) is 0.125. The van der Waals surface area contributed by atoms with Crippen LogP contribution in [0.25, 0.3) is 22.4 Å². The molecule has 3 N–H and O–H groups in total. The number of pyridine rings is 1. The summed E-state index contributed by atoms with van der Waals surface area (Å²) in [6.07, 6.45) is 0. The highest BCUT2D eigenvalue weighted by Gasteiger charge is 2.24. The molecular weight excluding hydrogens is 501 g/mol. The molecule has 0 aliphatic rings. The third-order valence-electron chi connectivity index (χ3n) is 5.00. The van der Waals surface area contributed by atoms with Crippen molar-refractivity contribution in [2.75, 3.05) is 18.2 Å². The van der Waals surface area contributed by atoms with E-state index in [1.807, 2.05) is 52.5 Å². The first-order chi connectivity index (χ1) is 16.9. The summed E-state index contributed by atoms with van der Waals surface area (Å²) in [5, 5.41) is 28.0. The molecule has 1 atom stereocenters. The van der Waals surface area contributed by atoms with E-state index >= 15 is 0 Å². The quantitative estimate of drug-likeness (QED) is 0.311. The predicted octanol–water partition coefficient (Wildman–Crippen LogP) is 5.39. The van der Waals surface area contributed by atoms with Crippen molar-refractivity contribution in [3.63, 3.8) is 0 Å². The Balaban J connectivity index is 1.54. The number of amides is 1. The predicted molar refractivity (Wildman–Crippen MR) is 139 cm³/mol. The van der Waals surface area contributed by atoms with Crippen LogP contribution in [0.4, 0.5) is 10.9 Å². The molecule has 3 heterocycles. The number of methoxy groups -OCH3 is 1. The van der Waals surface area contributed by atoms with E-state index in [0.29, 0.717) is 21.3 Å². The van der Waals surface area contributed by atoms with Crippen molar-refractivity contribution in [2.24, 2.45) is 0 Å². The maximum atomic E-state index is 12.9. The van der Waals surface area contributed by atoms with Gasteiger partial charge in [0.15, 0.2) is 5.13 Å². The second kappa shape index (κ2) is 10.6. The largest absolute Gasteiger partial charge is 0.497 e. The molecule has 1 aromatic carbocycles. The molecule has 4 rings (SSSR count). The second-order valence-electron chi connectivity index (χ2n) is 7.18. The van der Waals surface area contributed by atoms with Crippen molar-refractivity contribution >= 4 is 51.3 Å². The molecule has 0 fully saturated rings. The number of carbonyl (C=O) groups excluding carboxylic acids is 1. The number of nitrogens with zero attached hydrogens (tertiary/aromatic N) is 4. The van der Waals surface area contributed by atoms with Crippen LogP contribution >= 0.6 is 34.4 Å². The zero-order chi connectivity index (χ0) is 24.9. The lowest BCUT2D eigenvalue weighted by atomic mass is 9.99. The van der Waals surface area contributed by atoms with Crippen LogP contribution in [0.3, 0.4) is 0 Å². The molecule has 4 aromatic rings. The van der Waals surface area contributed by atoms with Gasteiger partial charge in [0.2, 0.25) is 5.91 Å². The summed E-state index contributed by atoms with van der Waals surface area (Å²) in [7, 11) is 1.61. The number of benzene rings is 1. The van der Waals surface area contributed by atoms with Gasteiger partial charge >= 0.3 is 0 Å². The van der Waals surface area contributed by atoms with Gasteiger partial charge < -0.3 is 15.8 Å². The summed E-state index contributed by atoms with van der Waals surface area (Å²) < 4.78 is 5.18. The van der Waals surface area contributed by atoms with E-state index in [9.17, 15) is 15.3 Å². The Morgan fingerprint density at radius 3 is 2.49 bits per heavy atom. The molecular formula is C24H18N6O2S3. The van der Waals surface area contributed by atoms with Gasteiger partial charge in [0.05, 0.1) is 23.6 Å².